The lowest BCUT2D eigenvalue weighted by atomic mass is 10.1. The van der Waals surface area contributed by atoms with Crippen molar-refractivity contribution in [1.82, 2.24) is 23.9 Å². The van der Waals surface area contributed by atoms with Gasteiger partial charge in [0.1, 0.15) is 11.2 Å². The monoisotopic (exact) mass is 717 g/mol. The quantitative estimate of drug-likeness (QED) is 0.178. The SMILES string of the molecule is c1ccc(-c2nnc(-c3ccccc3)n2-c2cccc3c4ccccc4n(-c4cccc(-n5c6ccccc6c6c7oc8ccccc8c7ccc65)c4)c23)cc1. The summed E-state index contributed by atoms with van der Waals surface area (Å²) in [5.74, 6) is 1.56. The van der Waals surface area contributed by atoms with Crippen molar-refractivity contribution in [3.8, 4) is 39.8 Å². The molecular formula is C50H31N5O. The topological polar surface area (TPSA) is 53.7 Å². The molecule has 6 heteroatoms. The zero-order valence-electron chi connectivity index (χ0n) is 30.0. The van der Waals surface area contributed by atoms with Gasteiger partial charge in [0.15, 0.2) is 11.6 Å². The molecule has 8 aromatic carbocycles. The first-order chi connectivity index (χ1) is 27.8. The largest absolute Gasteiger partial charge is 0.455 e. The summed E-state index contributed by atoms with van der Waals surface area (Å²) in [6.07, 6.45) is 0. The van der Waals surface area contributed by atoms with Gasteiger partial charge in [-0.05, 0) is 54.6 Å². The number of hydrogen-bond acceptors (Lipinski definition) is 3. The second-order valence-corrected chi connectivity index (χ2v) is 14.2. The fraction of sp³-hybridized carbons (Fsp3) is 0. The molecule has 0 aliphatic rings. The Hall–Kier alpha value is -7.70. The summed E-state index contributed by atoms with van der Waals surface area (Å²) in [5, 5.41) is 16.5. The van der Waals surface area contributed by atoms with E-state index in [0.29, 0.717) is 0 Å². The van der Waals surface area contributed by atoms with Crippen LogP contribution in [0, 0.1) is 0 Å². The molecule has 6 nitrogen and oxygen atoms in total. The van der Waals surface area contributed by atoms with Crippen LogP contribution < -0.4 is 0 Å². The average molecular weight is 718 g/mol. The molecule has 0 bridgehead atoms. The van der Waals surface area contributed by atoms with Crippen LogP contribution in [0.2, 0.25) is 0 Å². The molecule has 0 N–H and O–H groups in total. The first kappa shape index (κ1) is 30.7. The van der Waals surface area contributed by atoms with Gasteiger partial charge >= 0.3 is 0 Å². The lowest BCUT2D eigenvalue weighted by Gasteiger charge is -2.16. The molecule has 4 aromatic heterocycles. The number of benzene rings is 8. The van der Waals surface area contributed by atoms with Crippen molar-refractivity contribution in [2.75, 3.05) is 0 Å². The Morgan fingerprint density at radius 3 is 1.68 bits per heavy atom. The van der Waals surface area contributed by atoms with Gasteiger partial charge in [-0.15, -0.1) is 10.2 Å². The highest BCUT2D eigenvalue weighted by molar-refractivity contribution is 6.24. The lowest BCUT2D eigenvalue weighted by Crippen LogP contribution is -2.04. The maximum Gasteiger partial charge on any atom is 0.168 e. The Labute approximate surface area is 320 Å². The first-order valence-electron chi connectivity index (χ1n) is 18.8. The number of furan rings is 1. The standard InChI is InChI=1S/C50H31N5O/c1-3-15-32(16-4-1)49-51-52-50(33-17-5-2-6-18-33)55(49)44-27-14-24-38-36-21-7-10-25-41(36)54(47(38)44)35-20-13-19-34(31-35)53-42-26-11-8-23-40(42)46-43(53)30-29-39-37-22-9-12-28-45(37)56-48(39)46/h1-31H. The van der Waals surface area contributed by atoms with Crippen molar-refractivity contribution in [2.45, 2.75) is 0 Å². The van der Waals surface area contributed by atoms with Crippen molar-refractivity contribution in [2.24, 2.45) is 0 Å². The third-order valence-electron chi connectivity index (χ3n) is 11.2. The van der Waals surface area contributed by atoms with E-state index >= 15 is 0 Å². The smallest absolute Gasteiger partial charge is 0.168 e. The second-order valence-electron chi connectivity index (χ2n) is 14.2. The number of fused-ring (bicyclic) bond motifs is 10. The van der Waals surface area contributed by atoms with E-state index in [9.17, 15) is 0 Å². The van der Waals surface area contributed by atoms with E-state index < -0.39 is 0 Å². The number of nitrogens with zero attached hydrogens (tertiary/aromatic N) is 5. The van der Waals surface area contributed by atoms with Gasteiger partial charge in [-0.2, -0.15) is 0 Å². The average Bonchev–Trinajstić information content (AvgIpc) is 4.04. The maximum absolute atomic E-state index is 6.60. The number of para-hydroxylation sites is 4. The minimum absolute atomic E-state index is 0.782. The van der Waals surface area contributed by atoms with E-state index in [-0.39, 0.29) is 0 Å². The molecule has 0 atom stereocenters. The molecule has 12 rings (SSSR count). The summed E-state index contributed by atoms with van der Waals surface area (Å²) >= 11 is 0. The van der Waals surface area contributed by atoms with Gasteiger partial charge in [-0.1, -0.05) is 133 Å². The van der Waals surface area contributed by atoms with E-state index in [2.05, 4.69) is 159 Å². The molecule has 0 saturated heterocycles. The van der Waals surface area contributed by atoms with Crippen LogP contribution in [0.4, 0.5) is 0 Å². The highest BCUT2D eigenvalue weighted by atomic mass is 16.3. The molecule has 262 valence electrons. The minimum Gasteiger partial charge on any atom is -0.455 e. The third-order valence-corrected chi connectivity index (χ3v) is 11.2. The Morgan fingerprint density at radius 2 is 0.946 bits per heavy atom. The Balaban J connectivity index is 1.15. The van der Waals surface area contributed by atoms with Gasteiger partial charge in [-0.3, -0.25) is 4.57 Å². The molecule has 12 aromatic rings. The van der Waals surface area contributed by atoms with Crippen LogP contribution in [-0.4, -0.2) is 23.9 Å². The fourth-order valence-electron chi connectivity index (χ4n) is 8.79. The highest BCUT2D eigenvalue weighted by Crippen LogP contribution is 2.42. The fourth-order valence-corrected chi connectivity index (χ4v) is 8.79. The molecule has 0 aliphatic heterocycles. The van der Waals surface area contributed by atoms with Crippen LogP contribution in [0.3, 0.4) is 0 Å². The summed E-state index contributed by atoms with van der Waals surface area (Å²) in [6, 6.07) is 66.1. The second kappa shape index (κ2) is 11.9. The van der Waals surface area contributed by atoms with Crippen LogP contribution in [0.25, 0.3) is 105 Å². The third kappa shape index (κ3) is 4.38. The molecule has 4 heterocycles. The van der Waals surface area contributed by atoms with Crippen molar-refractivity contribution in [3.05, 3.63) is 188 Å². The predicted molar refractivity (Wildman–Crippen MR) is 228 cm³/mol. The number of hydrogen-bond donors (Lipinski definition) is 0. The van der Waals surface area contributed by atoms with Crippen molar-refractivity contribution < 1.29 is 4.42 Å². The van der Waals surface area contributed by atoms with E-state index in [1.165, 1.54) is 5.39 Å². The molecule has 0 saturated carbocycles. The molecule has 0 radical (unpaired) electrons. The van der Waals surface area contributed by atoms with Gasteiger partial charge in [0.05, 0.1) is 33.1 Å². The summed E-state index contributed by atoms with van der Waals surface area (Å²) < 4.78 is 13.6. The van der Waals surface area contributed by atoms with E-state index in [0.717, 1.165) is 100 Å². The normalized spacial score (nSPS) is 11.9. The van der Waals surface area contributed by atoms with Crippen LogP contribution >= 0.6 is 0 Å². The summed E-state index contributed by atoms with van der Waals surface area (Å²) in [7, 11) is 0. The zero-order valence-corrected chi connectivity index (χ0v) is 30.0. The van der Waals surface area contributed by atoms with Gasteiger partial charge < -0.3 is 13.6 Å². The Morgan fingerprint density at radius 1 is 0.375 bits per heavy atom. The molecule has 0 fully saturated rings. The summed E-state index contributed by atoms with van der Waals surface area (Å²) in [6.45, 7) is 0. The molecule has 56 heavy (non-hydrogen) atoms. The van der Waals surface area contributed by atoms with Gasteiger partial charge in [0.2, 0.25) is 0 Å². The summed E-state index contributed by atoms with van der Waals surface area (Å²) in [4.78, 5) is 0. The Bertz CT molecular complexity index is 3420. The van der Waals surface area contributed by atoms with Gasteiger partial charge in [-0.25, -0.2) is 0 Å². The first-order valence-corrected chi connectivity index (χ1v) is 18.8. The minimum atomic E-state index is 0.782. The van der Waals surface area contributed by atoms with E-state index in [4.69, 9.17) is 14.6 Å². The predicted octanol–water partition coefficient (Wildman–Crippen LogP) is 12.7. The number of aromatic nitrogens is 5. The van der Waals surface area contributed by atoms with Crippen molar-refractivity contribution >= 4 is 65.6 Å². The van der Waals surface area contributed by atoms with Crippen LogP contribution in [-0.2, 0) is 0 Å². The summed E-state index contributed by atoms with van der Waals surface area (Å²) in [5.41, 5.74) is 11.3. The van der Waals surface area contributed by atoms with E-state index in [1.807, 2.05) is 42.5 Å². The van der Waals surface area contributed by atoms with Crippen LogP contribution in [0.15, 0.2) is 192 Å². The van der Waals surface area contributed by atoms with E-state index in [1.54, 1.807) is 0 Å². The molecule has 0 aliphatic carbocycles. The Kier molecular flexibility index (Phi) is 6.53. The molecule has 0 unspecified atom stereocenters. The number of rotatable bonds is 5. The molecule has 0 spiro atoms. The highest BCUT2D eigenvalue weighted by Gasteiger charge is 2.24. The van der Waals surface area contributed by atoms with Crippen molar-refractivity contribution in [1.29, 1.82) is 0 Å². The van der Waals surface area contributed by atoms with Gasteiger partial charge in [0.25, 0.3) is 0 Å². The van der Waals surface area contributed by atoms with Crippen LogP contribution in [0.1, 0.15) is 0 Å². The van der Waals surface area contributed by atoms with Crippen LogP contribution in [0.5, 0.6) is 0 Å². The van der Waals surface area contributed by atoms with Gasteiger partial charge in [0, 0.05) is 49.4 Å². The maximum atomic E-state index is 6.60. The van der Waals surface area contributed by atoms with Crippen molar-refractivity contribution in [3.63, 3.8) is 0 Å². The zero-order chi connectivity index (χ0) is 36.7. The lowest BCUT2D eigenvalue weighted by molar-refractivity contribution is 0.673. The molecular weight excluding hydrogens is 687 g/mol. The molecule has 0 amide bonds.